The fourth-order valence-electron chi connectivity index (χ4n) is 2.80. The van der Waals surface area contributed by atoms with Gasteiger partial charge in [-0.05, 0) is 11.6 Å². The molecule has 0 aliphatic carbocycles. The molecular formula is C21H22N4O6. The van der Waals surface area contributed by atoms with Gasteiger partial charge in [0.15, 0.2) is 11.5 Å². The molecule has 2 amide bonds. The SMILES string of the molecule is COC(=O)C(Cc1ccccc1)NC(=O)c1cc2c(cc1N=NN(C)C(C)=O)OCO2. The second kappa shape index (κ2) is 9.70. The summed E-state index contributed by atoms with van der Waals surface area (Å²) in [4.78, 5) is 36.7. The number of nitrogens with one attached hydrogen (secondary N) is 1. The molecule has 2 aromatic rings. The minimum absolute atomic E-state index is 0.00311. The van der Waals surface area contributed by atoms with Crippen molar-refractivity contribution in [2.75, 3.05) is 21.0 Å². The van der Waals surface area contributed by atoms with Crippen molar-refractivity contribution in [1.82, 2.24) is 10.3 Å². The van der Waals surface area contributed by atoms with Crippen molar-refractivity contribution in [1.29, 1.82) is 0 Å². The molecule has 1 unspecified atom stereocenters. The van der Waals surface area contributed by atoms with Crippen LogP contribution in [0, 0.1) is 0 Å². The molecule has 0 saturated heterocycles. The zero-order chi connectivity index (χ0) is 22.4. The first-order valence-electron chi connectivity index (χ1n) is 9.41. The Morgan fingerprint density at radius 2 is 1.84 bits per heavy atom. The number of hydrogen-bond donors (Lipinski definition) is 1. The highest BCUT2D eigenvalue weighted by Gasteiger charge is 2.26. The van der Waals surface area contributed by atoms with Crippen molar-refractivity contribution in [2.24, 2.45) is 10.3 Å². The van der Waals surface area contributed by atoms with Gasteiger partial charge in [-0.1, -0.05) is 35.6 Å². The monoisotopic (exact) mass is 426 g/mol. The van der Waals surface area contributed by atoms with Crippen LogP contribution in [-0.2, 0) is 20.7 Å². The second-order valence-electron chi connectivity index (χ2n) is 6.69. The maximum absolute atomic E-state index is 13.1. The quantitative estimate of drug-likeness (QED) is 0.413. The molecule has 1 aliphatic heterocycles. The van der Waals surface area contributed by atoms with E-state index in [1.165, 1.54) is 33.2 Å². The number of fused-ring (bicyclic) bond motifs is 1. The number of amides is 2. The first-order chi connectivity index (χ1) is 14.9. The Morgan fingerprint density at radius 1 is 1.16 bits per heavy atom. The summed E-state index contributed by atoms with van der Waals surface area (Å²) in [6.07, 6.45) is 0.244. The third kappa shape index (κ3) is 5.35. The summed E-state index contributed by atoms with van der Waals surface area (Å²) in [6.45, 7) is 1.33. The Kier molecular flexibility index (Phi) is 6.81. The molecule has 0 fully saturated rings. The fraction of sp³-hybridized carbons (Fsp3) is 0.286. The van der Waals surface area contributed by atoms with Gasteiger partial charge in [0.05, 0.1) is 12.7 Å². The number of methoxy groups -OCH3 is 1. The predicted octanol–water partition coefficient (Wildman–Crippen LogP) is 2.41. The fourth-order valence-corrected chi connectivity index (χ4v) is 2.80. The molecule has 1 N–H and O–H groups in total. The normalized spacial score (nSPS) is 13.0. The third-order valence-electron chi connectivity index (χ3n) is 4.55. The van der Waals surface area contributed by atoms with E-state index in [9.17, 15) is 14.4 Å². The molecule has 3 rings (SSSR count). The van der Waals surface area contributed by atoms with Gasteiger partial charge < -0.3 is 19.5 Å². The van der Waals surface area contributed by atoms with E-state index >= 15 is 0 Å². The van der Waals surface area contributed by atoms with E-state index in [1.807, 2.05) is 30.3 Å². The average molecular weight is 426 g/mol. The maximum Gasteiger partial charge on any atom is 0.328 e. The van der Waals surface area contributed by atoms with Gasteiger partial charge in [0.1, 0.15) is 11.7 Å². The average Bonchev–Trinajstić information content (AvgIpc) is 3.23. The lowest BCUT2D eigenvalue weighted by molar-refractivity contribution is -0.142. The predicted molar refractivity (Wildman–Crippen MR) is 109 cm³/mol. The third-order valence-corrected chi connectivity index (χ3v) is 4.55. The van der Waals surface area contributed by atoms with Gasteiger partial charge in [-0.3, -0.25) is 9.59 Å². The summed E-state index contributed by atoms with van der Waals surface area (Å²) in [7, 11) is 2.69. The van der Waals surface area contributed by atoms with Gasteiger partial charge in [-0.15, -0.1) is 5.11 Å². The lowest BCUT2D eigenvalue weighted by Gasteiger charge is -2.17. The van der Waals surface area contributed by atoms with Crippen LogP contribution in [0.3, 0.4) is 0 Å². The Labute approximate surface area is 178 Å². The van der Waals surface area contributed by atoms with Crippen LogP contribution >= 0.6 is 0 Å². The summed E-state index contributed by atoms with van der Waals surface area (Å²) in [5.41, 5.74) is 1.11. The molecular weight excluding hydrogens is 404 g/mol. The Bertz CT molecular complexity index is 1010. The van der Waals surface area contributed by atoms with E-state index in [-0.39, 0.29) is 30.4 Å². The number of hydrogen-bond acceptors (Lipinski definition) is 8. The topological polar surface area (TPSA) is 119 Å². The zero-order valence-electron chi connectivity index (χ0n) is 17.3. The number of esters is 1. The summed E-state index contributed by atoms with van der Waals surface area (Å²) >= 11 is 0. The second-order valence-corrected chi connectivity index (χ2v) is 6.69. The standard InChI is InChI=1S/C21H22N4O6/c1-13(26)25(2)24-23-16-11-19-18(30-12-31-19)10-15(16)20(27)22-17(21(28)29-3)9-14-7-5-4-6-8-14/h4-8,10-11,17H,9,12H2,1-3H3,(H,22,27). The Morgan fingerprint density at radius 3 is 2.48 bits per heavy atom. The van der Waals surface area contributed by atoms with Crippen molar-refractivity contribution >= 4 is 23.5 Å². The molecule has 1 atom stereocenters. The lowest BCUT2D eigenvalue weighted by atomic mass is 10.0. The minimum Gasteiger partial charge on any atom is -0.467 e. The van der Waals surface area contributed by atoms with E-state index in [4.69, 9.17) is 14.2 Å². The van der Waals surface area contributed by atoms with E-state index in [2.05, 4.69) is 15.7 Å². The van der Waals surface area contributed by atoms with E-state index in [0.29, 0.717) is 11.5 Å². The first-order valence-corrected chi connectivity index (χ1v) is 9.41. The van der Waals surface area contributed by atoms with Crippen molar-refractivity contribution in [3.05, 3.63) is 53.6 Å². The largest absolute Gasteiger partial charge is 0.467 e. The smallest absolute Gasteiger partial charge is 0.328 e. The van der Waals surface area contributed by atoms with E-state index in [0.717, 1.165) is 10.6 Å². The van der Waals surface area contributed by atoms with Crippen molar-refractivity contribution in [2.45, 2.75) is 19.4 Å². The van der Waals surface area contributed by atoms with Crippen LogP contribution < -0.4 is 14.8 Å². The van der Waals surface area contributed by atoms with Crippen LogP contribution in [0.2, 0.25) is 0 Å². The molecule has 0 radical (unpaired) electrons. The number of ether oxygens (including phenoxy) is 3. The van der Waals surface area contributed by atoms with E-state index in [1.54, 1.807) is 0 Å². The number of carbonyl (C=O) groups is 3. The zero-order valence-corrected chi connectivity index (χ0v) is 17.3. The molecule has 2 aromatic carbocycles. The van der Waals surface area contributed by atoms with Crippen LogP contribution in [0.25, 0.3) is 0 Å². The molecule has 0 bridgehead atoms. The van der Waals surface area contributed by atoms with Gasteiger partial charge in [0.25, 0.3) is 5.91 Å². The van der Waals surface area contributed by atoms with Crippen LogP contribution in [0.15, 0.2) is 52.8 Å². The molecule has 162 valence electrons. The number of carbonyl (C=O) groups excluding carboxylic acids is 3. The Balaban J connectivity index is 1.89. The van der Waals surface area contributed by atoms with Gasteiger partial charge in [-0.2, -0.15) is 0 Å². The Hall–Kier alpha value is -3.95. The molecule has 31 heavy (non-hydrogen) atoms. The van der Waals surface area contributed by atoms with E-state index < -0.39 is 17.9 Å². The highest BCUT2D eigenvalue weighted by Crippen LogP contribution is 2.38. The molecule has 10 nitrogen and oxygen atoms in total. The highest BCUT2D eigenvalue weighted by atomic mass is 16.7. The molecule has 1 heterocycles. The number of benzene rings is 2. The molecule has 0 saturated carbocycles. The maximum atomic E-state index is 13.1. The molecule has 0 aromatic heterocycles. The van der Waals surface area contributed by atoms with Gasteiger partial charge >= 0.3 is 5.97 Å². The van der Waals surface area contributed by atoms with Crippen molar-refractivity contribution < 1.29 is 28.6 Å². The van der Waals surface area contributed by atoms with Gasteiger partial charge in [0.2, 0.25) is 12.7 Å². The minimum atomic E-state index is -0.921. The molecule has 0 spiro atoms. The lowest BCUT2D eigenvalue weighted by Crippen LogP contribution is -2.43. The van der Waals surface area contributed by atoms with Crippen LogP contribution in [0.5, 0.6) is 11.5 Å². The van der Waals surface area contributed by atoms with Gasteiger partial charge in [-0.25, -0.2) is 9.80 Å². The summed E-state index contributed by atoms with van der Waals surface area (Å²) in [6, 6.07) is 11.3. The van der Waals surface area contributed by atoms with Crippen LogP contribution in [0.1, 0.15) is 22.8 Å². The first kappa shape index (κ1) is 21.8. The van der Waals surface area contributed by atoms with Crippen LogP contribution in [0.4, 0.5) is 5.69 Å². The number of nitrogens with zero attached hydrogens (tertiary/aromatic N) is 3. The van der Waals surface area contributed by atoms with Crippen molar-refractivity contribution in [3.63, 3.8) is 0 Å². The highest BCUT2D eigenvalue weighted by molar-refractivity contribution is 6.01. The molecule has 1 aliphatic rings. The van der Waals surface area contributed by atoms with Crippen molar-refractivity contribution in [3.8, 4) is 11.5 Å². The number of rotatable bonds is 7. The van der Waals surface area contributed by atoms with Crippen LogP contribution in [-0.4, -0.2) is 49.8 Å². The molecule has 10 heteroatoms. The summed E-state index contributed by atoms with van der Waals surface area (Å²) < 4.78 is 15.5. The summed E-state index contributed by atoms with van der Waals surface area (Å²) in [5.74, 6) is -0.739. The van der Waals surface area contributed by atoms with Gasteiger partial charge in [0, 0.05) is 26.5 Å². The summed E-state index contributed by atoms with van der Waals surface area (Å²) in [5, 5.41) is 11.5.